The van der Waals surface area contributed by atoms with Crippen LogP contribution in [0.4, 0.5) is 8.78 Å². The molecule has 1 spiro atoms. The SMILES string of the molecule is COCCN1CC2(CCOCC2)n2cc(C(=O)NCc3ccc(F)cc3F)c(=O)c(OCc3ccccc3)c2C1=O. The van der Waals surface area contributed by atoms with Gasteiger partial charge in [0.05, 0.1) is 12.1 Å². The first-order valence-corrected chi connectivity index (χ1v) is 13.4. The molecule has 0 radical (unpaired) electrons. The van der Waals surface area contributed by atoms with Gasteiger partial charge in [-0.2, -0.15) is 0 Å². The average Bonchev–Trinajstić information content (AvgIpc) is 2.98. The number of pyridine rings is 1. The molecule has 0 saturated carbocycles. The highest BCUT2D eigenvalue weighted by molar-refractivity contribution is 5.99. The molecule has 1 N–H and O–H groups in total. The predicted octanol–water partition coefficient (Wildman–Crippen LogP) is 3.24. The van der Waals surface area contributed by atoms with Crippen LogP contribution in [0.1, 0.15) is 44.8 Å². The monoisotopic (exact) mass is 567 g/mol. The molecule has 1 aromatic heterocycles. The smallest absolute Gasteiger partial charge is 0.274 e. The molecule has 0 bridgehead atoms. The Kier molecular flexibility index (Phi) is 8.46. The van der Waals surface area contributed by atoms with E-state index in [1.807, 2.05) is 30.3 Å². The number of hydrogen-bond acceptors (Lipinski definition) is 6. The highest BCUT2D eigenvalue weighted by Gasteiger charge is 2.46. The summed E-state index contributed by atoms with van der Waals surface area (Å²) in [5, 5.41) is 2.56. The van der Waals surface area contributed by atoms with Crippen LogP contribution >= 0.6 is 0 Å². The zero-order chi connectivity index (χ0) is 29.0. The van der Waals surface area contributed by atoms with E-state index in [2.05, 4.69) is 5.32 Å². The van der Waals surface area contributed by atoms with E-state index < -0.39 is 34.4 Å². The van der Waals surface area contributed by atoms with Gasteiger partial charge < -0.3 is 29.0 Å². The number of aromatic nitrogens is 1. The number of halogens is 2. The molecule has 1 fully saturated rings. The summed E-state index contributed by atoms with van der Waals surface area (Å²) in [7, 11) is 1.55. The fraction of sp³-hybridized carbons (Fsp3) is 0.367. The van der Waals surface area contributed by atoms with Gasteiger partial charge in [-0.15, -0.1) is 0 Å². The third kappa shape index (κ3) is 5.86. The first-order chi connectivity index (χ1) is 19.8. The number of hydrogen-bond donors (Lipinski definition) is 1. The van der Waals surface area contributed by atoms with Gasteiger partial charge in [-0.05, 0) is 24.5 Å². The van der Waals surface area contributed by atoms with Crippen molar-refractivity contribution in [1.29, 1.82) is 0 Å². The second-order valence-corrected chi connectivity index (χ2v) is 10.2. The predicted molar refractivity (Wildman–Crippen MR) is 145 cm³/mol. The molecule has 0 unspecified atom stereocenters. The standard InChI is InChI=1S/C30H31F2N3O6/c1-39-14-11-34-19-30(9-12-40-13-10-30)35-17-23(28(37)33-16-21-7-8-22(31)15-24(21)32)26(36)27(25(35)29(34)38)41-18-20-5-3-2-4-6-20/h2-8,15,17H,9-14,16,18-19H2,1H3,(H,33,37). The fourth-order valence-corrected chi connectivity index (χ4v) is 5.31. The Hall–Kier alpha value is -4.09. The molecule has 11 heteroatoms. The molecule has 3 heterocycles. The maximum Gasteiger partial charge on any atom is 0.274 e. The number of benzene rings is 2. The molecule has 2 aromatic carbocycles. The van der Waals surface area contributed by atoms with Crippen molar-refractivity contribution in [3.05, 3.63) is 99.0 Å². The summed E-state index contributed by atoms with van der Waals surface area (Å²) < 4.78 is 46.1. The van der Waals surface area contributed by atoms with Crippen molar-refractivity contribution in [1.82, 2.24) is 14.8 Å². The number of methoxy groups -OCH3 is 1. The lowest BCUT2D eigenvalue weighted by Crippen LogP contribution is -2.57. The Balaban J connectivity index is 1.58. The fourth-order valence-electron chi connectivity index (χ4n) is 5.31. The van der Waals surface area contributed by atoms with Gasteiger partial charge >= 0.3 is 0 Å². The minimum absolute atomic E-state index is 0.00357. The number of nitrogens with zero attached hydrogens (tertiary/aromatic N) is 2. The average molecular weight is 568 g/mol. The van der Waals surface area contributed by atoms with Gasteiger partial charge in [0, 0.05) is 57.8 Å². The molecule has 1 saturated heterocycles. The molecule has 3 aromatic rings. The highest BCUT2D eigenvalue weighted by Crippen LogP contribution is 2.38. The van der Waals surface area contributed by atoms with Gasteiger partial charge in [0.2, 0.25) is 5.43 Å². The zero-order valence-corrected chi connectivity index (χ0v) is 22.7. The van der Waals surface area contributed by atoms with Crippen LogP contribution in [0, 0.1) is 11.6 Å². The molecule has 0 atom stereocenters. The molecule has 2 amide bonds. The normalized spacial score (nSPS) is 16.0. The first kappa shape index (κ1) is 28.4. The van der Waals surface area contributed by atoms with Crippen LogP contribution in [-0.4, -0.2) is 61.3 Å². The Morgan fingerprint density at radius 3 is 2.56 bits per heavy atom. The van der Waals surface area contributed by atoms with Crippen LogP contribution in [0.15, 0.2) is 59.5 Å². The number of rotatable bonds is 9. The Bertz CT molecular complexity index is 1490. The summed E-state index contributed by atoms with van der Waals surface area (Å²) in [6.45, 7) is 1.56. The maximum atomic E-state index is 14.2. The van der Waals surface area contributed by atoms with Gasteiger partial charge in [0.25, 0.3) is 11.8 Å². The summed E-state index contributed by atoms with van der Waals surface area (Å²) in [5.74, 6) is -2.96. The third-order valence-corrected chi connectivity index (χ3v) is 7.57. The lowest BCUT2D eigenvalue weighted by Gasteiger charge is -2.47. The Morgan fingerprint density at radius 1 is 1.10 bits per heavy atom. The van der Waals surface area contributed by atoms with E-state index in [0.29, 0.717) is 45.8 Å². The molecular weight excluding hydrogens is 536 g/mol. The summed E-state index contributed by atoms with van der Waals surface area (Å²) in [6.07, 6.45) is 2.49. The van der Waals surface area contributed by atoms with E-state index in [1.54, 1.807) is 16.6 Å². The number of carbonyl (C=O) groups excluding carboxylic acids is 2. The van der Waals surface area contributed by atoms with Crippen LogP contribution in [0.25, 0.3) is 0 Å². The summed E-state index contributed by atoms with van der Waals surface area (Å²) in [5.41, 5.74) is -0.754. The van der Waals surface area contributed by atoms with Crippen molar-refractivity contribution < 1.29 is 32.6 Å². The quantitative estimate of drug-likeness (QED) is 0.426. The van der Waals surface area contributed by atoms with Crippen molar-refractivity contribution >= 4 is 11.8 Å². The van der Waals surface area contributed by atoms with E-state index in [-0.39, 0.29) is 35.7 Å². The van der Waals surface area contributed by atoms with E-state index in [9.17, 15) is 23.2 Å². The van der Waals surface area contributed by atoms with Crippen molar-refractivity contribution in [3.63, 3.8) is 0 Å². The second-order valence-electron chi connectivity index (χ2n) is 10.2. The van der Waals surface area contributed by atoms with Crippen LogP contribution in [0.3, 0.4) is 0 Å². The molecule has 0 aliphatic carbocycles. The van der Waals surface area contributed by atoms with E-state index in [4.69, 9.17) is 14.2 Å². The van der Waals surface area contributed by atoms with Gasteiger partial charge in [0.15, 0.2) is 11.4 Å². The van der Waals surface area contributed by atoms with Crippen LogP contribution < -0.4 is 15.5 Å². The minimum Gasteiger partial charge on any atom is -0.483 e. The lowest BCUT2D eigenvalue weighted by atomic mass is 9.85. The van der Waals surface area contributed by atoms with Crippen molar-refractivity contribution in [3.8, 4) is 5.75 Å². The summed E-state index contributed by atoms with van der Waals surface area (Å²) in [4.78, 5) is 42.7. The molecule has 2 aliphatic rings. The number of fused-ring (bicyclic) bond motifs is 2. The highest BCUT2D eigenvalue weighted by atomic mass is 19.1. The van der Waals surface area contributed by atoms with Crippen molar-refractivity contribution in [2.45, 2.75) is 31.5 Å². The maximum absolute atomic E-state index is 14.2. The molecule has 216 valence electrons. The van der Waals surface area contributed by atoms with E-state index >= 15 is 0 Å². The van der Waals surface area contributed by atoms with Crippen LogP contribution in [-0.2, 0) is 28.2 Å². The number of ether oxygens (including phenoxy) is 3. The lowest BCUT2D eigenvalue weighted by molar-refractivity contribution is -0.0115. The number of nitrogens with one attached hydrogen (secondary N) is 1. The van der Waals surface area contributed by atoms with Crippen LogP contribution in [0.5, 0.6) is 5.75 Å². The van der Waals surface area contributed by atoms with Gasteiger partial charge in [-0.25, -0.2) is 8.78 Å². The topological polar surface area (TPSA) is 99.1 Å². The van der Waals surface area contributed by atoms with E-state index in [1.165, 1.54) is 12.3 Å². The summed E-state index contributed by atoms with van der Waals surface area (Å²) in [6, 6.07) is 12.2. The number of carbonyl (C=O) groups is 2. The summed E-state index contributed by atoms with van der Waals surface area (Å²) >= 11 is 0. The number of amides is 2. The van der Waals surface area contributed by atoms with Crippen LogP contribution in [0.2, 0.25) is 0 Å². The Labute approximate surface area is 235 Å². The Morgan fingerprint density at radius 2 is 1.85 bits per heavy atom. The van der Waals surface area contributed by atoms with Gasteiger partial charge in [-0.1, -0.05) is 36.4 Å². The molecule has 5 rings (SSSR count). The van der Waals surface area contributed by atoms with Crippen molar-refractivity contribution in [2.75, 3.05) is 40.0 Å². The molecular formula is C30H31F2N3O6. The van der Waals surface area contributed by atoms with Gasteiger partial charge in [0.1, 0.15) is 23.8 Å². The molecule has 9 nitrogen and oxygen atoms in total. The largest absolute Gasteiger partial charge is 0.483 e. The minimum atomic E-state index is -0.817. The zero-order valence-electron chi connectivity index (χ0n) is 22.7. The van der Waals surface area contributed by atoms with Crippen molar-refractivity contribution in [2.24, 2.45) is 0 Å². The molecule has 2 aliphatic heterocycles. The van der Waals surface area contributed by atoms with E-state index in [0.717, 1.165) is 17.7 Å². The third-order valence-electron chi connectivity index (χ3n) is 7.57. The first-order valence-electron chi connectivity index (χ1n) is 13.4. The van der Waals surface area contributed by atoms with Gasteiger partial charge in [-0.3, -0.25) is 14.4 Å². The molecule has 41 heavy (non-hydrogen) atoms. The second kappa shape index (κ2) is 12.2.